The molecule has 0 saturated carbocycles. The highest BCUT2D eigenvalue weighted by Gasteiger charge is 2.52. The van der Waals surface area contributed by atoms with Crippen LogP contribution in [0.1, 0.15) is 40.2 Å². The van der Waals surface area contributed by atoms with Crippen molar-refractivity contribution >= 4 is 28.5 Å². The average molecular weight is 311 g/mol. The van der Waals surface area contributed by atoms with Crippen LogP contribution >= 0.6 is 15.9 Å². The summed E-state index contributed by atoms with van der Waals surface area (Å²) in [6, 6.07) is 6.27. The topological polar surface area (TPSA) is 18.5 Å². The van der Waals surface area contributed by atoms with Gasteiger partial charge < -0.3 is 9.31 Å². The Morgan fingerprint density at radius 2 is 1.67 bits per heavy atom. The van der Waals surface area contributed by atoms with Gasteiger partial charge in [-0.25, -0.2) is 0 Å². The first-order chi connectivity index (χ1) is 8.27. The number of rotatable bonds is 2. The van der Waals surface area contributed by atoms with E-state index in [0.717, 1.165) is 16.4 Å². The molecule has 0 N–H and O–H groups in total. The molecule has 0 amide bonds. The van der Waals surface area contributed by atoms with Crippen LogP contribution in [0.3, 0.4) is 0 Å². The molecule has 0 spiro atoms. The largest absolute Gasteiger partial charge is 0.495 e. The van der Waals surface area contributed by atoms with Gasteiger partial charge in [0.15, 0.2) is 0 Å². The van der Waals surface area contributed by atoms with Crippen LogP contribution in [0.4, 0.5) is 0 Å². The Morgan fingerprint density at radius 1 is 1.11 bits per heavy atom. The summed E-state index contributed by atoms with van der Waals surface area (Å²) in [6.07, 6.45) is 0.971. The number of hydrogen-bond donors (Lipinski definition) is 0. The second-order valence-electron chi connectivity index (χ2n) is 5.78. The summed E-state index contributed by atoms with van der Waals surface area (Å²) in [4.78, 5) is 0. The van der Waals surface area contributed by atoms with Crippen LogP contribution in [0.15, 0.2) is 22.7 Å². The highest BCUT2D eigenvalue weighted by atomic mass is 79.9. The lowest BCUT2D eigenvalue weighted by atomic mass is 9.75. The third kappa shape index (κ3) is 2.38. The van der Waals surface area contributed by atoms with Gasteiger partial charge in [0.05, 0.1) is 11.2 Å². The van der Waals surface area contributed by atoms with Gasteiger partial charge in [-0.3, -0.25) is 0 Å². The molecule has 98 valence electrons. The van der Waals surface area contributed by atoms with Crippen molar-refractivity contribution in [2.75, 3.05) is 0 Å². The molecule has 0 aliphatic carbocycles. The number of benzene rings is 1. The van der Waals surface area contributed by atoms with Crippen LogP contribution in [0, 0.1) is 0 Å². The van der Waals surface area contributed by atoms with Crippen LogP contribution in [0.5, 0.6) is 0 Å². The van der Waals surface area contributed by atoms with E-state index in [1.54, 1.807) is 0 Å². The maximum atomic E-state index is 6.09. The van der Waals surface area contributed by atoms with Crippen LogP contribution in [0.2, 0.25) is 0 Å². The molecule has 1 heterocycles. The van der Waals surface area contributed by atoms with E-state index in [0.29, 0.717) is 0 Å². The Morgan fingerprint density at radius 3 is 2.17 bits per heavy atom. The Bertz CT molecular complexity index is 441. The average Bonchev–Trinajstić information content (AvgIpc) is 2.47. The molecule has 1 fully saturated rings. The second kappa shape index (κ2) is 4.66. The molecule has 4 heteroatoms. The van der Waals surface area contributed by atoms with Crippen molar-refractivity contribution < 1.29 is 9.31 Å². The van der Waals surface area contributed by atoms with Gasteiger partial charge in [0, 0.05) is 4.47 Å². The summed E-state index contributed by atoms with van der Waals surface area (Å²) in [7, 11) is -0.266. The summed E-state index contributed by atoms with van der Waals surface area (Å²) in [5.41, 5.74) is 1.84. The molecule has 1 aromatic rings. The summed E-state index contributed by atoms with van der Waals surface area (Å²) in [5.74, 6) is 0. The molecule has 2 rings (SSSR count). The van der Waals surface area contributed by atoms with E-state index in [-0.39, 0.29) is 18.3 Å². The van der Waals surface area contributed by atoms with Crippen LogP contribution in [0.25, 0.3) is 0 Å². The summed E-state index contributed by atoms with van der Waals surface area (Å²) in [5, 5.41) is 0. The fraction of sp³-hybridized carbons (Fsp3) is 0.571. The lowest BCUT2D eigenvalue weighted by molar-refractivity contribution is 0.00578. The van der Waals surface area contributed by atoms with Crippen molar-refractivity contribution in [2.45, 2.75) is 52.2 Å². The Labute approximate surface area is 118 Å². The normalized spacial score (nSPS) is 21.3. The molecule has 0 bridgehead atoms. The highest BCUT2D eigenvalue weighted by molar-refractivity contribution is 9.10. The first-order valence-corrected chi connectivity index (χ1v) is 7.20. The van der Waals surface area contributed by atoms with E-state index in [4.69, 9.17) is 9.31 Å². The number of aryl methyl sites for hydroxylation is 1. The molecule has 0 radical (unpaired) electrons. The van der Waals surface area contributed by atoms with E-state index in [2.05, 4.69) is 62.7 Å². The zero-order valence-electron chi connectivity index (χ0n) is 11.7. The molecule has 18 heavy (non-hydrogen) atoms. The lowest BCUT2D eigenvalue weighted by Crippen LogP contribution is -2.41. The fourth-order valence-corrected chi connectivity index (χ4v) is 2.49. The number of hydrogen-bond acceptors (Lipinski definition) is 2. The van der Waals surface area contributed by atoms with Gasteiger partial charge >= 0.3 is 7.12 Å². The quantitative estimate of drug-likeness (QED) is 0.780. The van der Waals surface area contributed by atoms with Gasteiger partial charge in [-0.05, 0) is 57.3 Å². The van der Waals surface area contributed by atoms with E-state index in [1.807, 2.05) is 6.07 Å². The van der Waals surface area contributed by atoms with Crippen LogP contribution in [-0.4, -0.2) is 18.3 Å². The molecule has 1 aliphatic heterocycles. The van der Waals surface area contributed by atoms with Gasteiger partial charge in [-0.2, -0.15) is 0 Å². The minimum atomic E-state index is -0.282. The minimum absolute atomic E-state index is 0.266. The molecule has 0 atom stereocenters. The SMILES string of the molecule is CCc1cc(Br)ccc1B1OC(C)(C)C(C)(C)O1. The van der Waals surface area contributed by atoms with Crippen molar-refractivity contribution in [3.05, 3.63) is 28.2 Å². The second-order valence-corrected chi connectivity index (χ2v) is 6.70. The van der Waals surface area contributed by atoms with Crippen LogP contribution in [-0.2, 0) is 15.7 Å². The molecule has 1 saturated heterocycles. The molecule has 1 aromatic carbocycles. The molecular formula is C14H20BBrO2. The first-order valence-electron chi connectivity index (χ1n) is 6.41. The van der Waals surface area contributed by atoms with Crippen molar-refractivity contribution in [3.8, 4) is 0 Å². The van der Waals surface area contributed by atoms with Crippen molar-refractivity contribution in [3.63, 3.8) is 0 Å². The van der Waals surface area contributed by atoms with Gasteiger partial charge in [-0.1, -0.05) is 28.9 Å². The van der Waals surface area contributed by atoms with E-state index in [9.17, 15) is 0 Å². The predicted molar refractivity (Wildman–Crippen MR) is 79.2 cm³/mol. The van der Waals surface area contributed by atoms with E-state index >= 15 is 0 Å². The molecule has 0 unspecified atom stereocenters. The zero-order chi connectivity index (χ0) is 13.6. The summed E-state index contributed by atoms with van der Waals surface area (Å²) in [6.45, 7) is 10.5. The molecule has 0 aromatic heterocycles. The third-order valence-corrected chi connectivity index (χ3v) is 4.49. The predicted octanol–water partition coefficient (Wildman–Crippen LogP) is 3.31. The smallest absolute Gasteiger partial charge is 0.399 e. The fourth-order valence-electron chi connectivity index (χ4n) is 2.08. The van der Waals surface area contributed by atoms with Gasteiger partial charge in [0.1, 0.15) is 0 Å². The van der Waals surface area contributed by atoms with Crippen molar-refractivity contribution in [1.82, 2.24) is 0 Å². The van der Waals surface area contributed by atoms with E-state index < -0.39 is 0 Å². The molecule has 2 nitrogen and oxygen atoms in total. The summed E-state index contributed by atoms with van der Waals surface area (Å²) < 4.78 is 13.3. The van der Waals surface area contributed by atoms with Crippen molar-refractivity contribution in [1.29, 1.82) is 0 Å². The Hall–Kier alpha value is -0.315. The first kappa shape index (κ1) is 14.1. The molecular weight excluding hydrogens is 291 g/mol. The van der Waals surface area contributed by atoms with E-state index in [1.165, 1.54) is 5.56 Å². The molecule has 1 aliphatic rings. The monoisotopic (exact) mass is 310 g/mol. The standard InChI is InChI=1S/C14H20BBrO2/c1-6-10-9-11(16)7-8-12(10)15-17-13(2,3)14(4,5)18-15/h7-9H,6H2,1-5H3. The third-order valence-electron chi connectivity index (χ3n) is 3.99. The number of halogens is 1. The van der Waals surface area contributed by atoms with Crippen molar-refractivity contribution in [2.24, 2.45) is 0 Å². The van der Waals surface area contributed by atoms with Gasteiger partial charge in [0.25, 0.3) is 0 Å². The van der Waals surface area contributed by atoms with Gasteiger partial charge in [0.2, 0.25) is 0 Å². The zero-order valence-corrected chi connectivity index (χ0v) is 13.3. The maximum Gasteiger partial charge on any atom is 0.495 e. The minimum Gasteiger partial charge on any atom is -0.399 e. The van der Waals surface area contributed by atoms with Gasteiger partial charge in [-0.15, -0.1) is 0 Å². The Balaban J connectivity index is 2.35. The maximum absolute atomic E-state index is 6.09. The summed E-state index contributed by atoms with van der Waals surface area (Å²) >= 11 is 3.51. The Kier molecular flexibility index (Phi) is 3.65. The van der Waals surface area contributed by atoms with Crippen LogP contribution < -0.4 is 5.46 Å². The lowest BCUT2D eigenvalue weighted by Gasteiger charge is -2.32. The highest BCUT2D eigenvalue weighted by Crippen LogP contribution is 2.36.